The van der Waals surface area contributed by atoms with Crippen molar-refractivity contribution in [2.75, 3.05) is 18.4 Å². The van der Waals surface area contributed by atoms with E-state index in [2.05, 4.69) is 5.32 Å². The van der Waals surface area contributed by atoms with Gasteiger partial charge in [-0.3, -0.25) is 4.79 Å². The predicted molar refractivity (Wildman–Crippen MR) is 97.1 cm³/mol. The van der Waals surface area contributed by atoms with Crippen LogP contribution in [0, 0.1) is 0 Å². The summed E-state index contributed by atoms with van der Waals surface area (Å²) in [5.41, 5.74) is 1.05. The summed E-state index contributed by atoms with van der Waals surface area (Å²) < 4.78 is 27.4. The molecule has 2 aromatic rings. The Bertz CT molecular complexity index is 959. The van der Waals surface area contributed by atoms with E-state index in [0.29, 0.717) is 24.9 Å². The molecule has 6 nitrogen and oxygen atoms in total. The smallest absolute Gasteiger partial charge is 0.243 e. The Morgan fingerprint density at radius 1 is 1.08 bits per heavy atom. The lowest BCUT2D eigenvalue weighted by atomic mass is 9.93. The van der Waals surface area contributed by atoms with Gasteiger partial charge in [-0.2, -0.15) is 4.31 Å². The van der Waals surface area contributed by atoms with Crippen LogP contribution in [0.25, 0.3) is 0 Å². The predicted octanol–water partition coefficient (Wildman–Crippen LogP) is 1.85. The summed E-state index contributed by atoms with van der Waals surface area (Å²) >= 11 is 0. The quantitative estimate of drug-likeness (QED) is 0.861. The zero-order valence-corrected chi connectivity index (χ0v) is 15.0. The maximum absolute atomic E-state index is 13.0. The van der Waals surface area contributed by atoms with Gasteiger partial charge in [-0.15, -0.1) is 0 Å². The first-order valence-electron chi connectivity index (χ1n) is 8.59. The maximum Gasteiger partial charge on any atom is 0.243 e. The maximum atomic E-state index is 13.0. The van der Waals surface area contributed by atoms with Crippen LogP contribution in [-0.2, 0) is 26.8 Å². The molecule has 136 valence electrons. The number of nitrogens with zero attached hydrogens (tertiary/aromatic N) is 1. The molecule has 0 bridgehead atoms. The van der Waals surface area contributed by atoms with Crippen LogP contribution in [0.3, 0.4) is 0 Å². The van der Waals surface area contributed by atoms with Crippen molar-refractivity contribution in [1.29, 1.82) is 0 Å². The average molecular weight is 372 g/mol. The summed E-state index contributed by atoms with van der Waals surface area (Å²) in [7, 11) is -3.70. The van der Waals surface area contributed by atoms with Crippen molar-refractivity contribution in [3.8, 4) is 0 Å². The van der Waals surface area contributed by atoms with E-state index in [0.717, 1.165) is 11.1 Å². The van der Waals surface area contributed by atoms with Gasteiger partial charge in [-0.05, 0) is 42.2 Å². The third-order valence-corrected chi connectivity index (χ3v) is 6.97. The SMILES string of the molecule is O=C1CCc2cc(S(=O)(=O)N3CCC(O)(c4ccccc4)C3)ccc2N1. The fourth-order valence-corrected chi connectivity index (χ4v) is 5.16. The van der Waals surface area contributed by atoms with Crippen molar-refractivity contribution in [3.05, 3.63) is 59.7 Å². The molecule has 2 heterocycles. The summed E-state index contributed by atoms with van der Waals surface area (Å²) in [5, 5.41) is 13.7. The summed E-state index contributed by atoms with van der Waals surface area (Å²) in [6.45, 7) is 0.300. The Kier molecular flexibility index (Phi) is 4.10. The van der Waals surface area contributed by atoms with E-state index < -0.39 is 15.6 Å². The highest BCUT2D eigenvalue weighted by Crippen LogP contribution is 2.35. The van der Waals surface area contributed by atoms with E-state index in [9.17, 15) is 18.3 Å². The molecule has 2 aliphatic rings. The Labute approximate surface area is 152 Å². The standard InChI is InChI=1S/C19H20N2O4S/c22-18-9-6-14-12-16(7-8-17(14)20-18)26(24,25)21-11-10-19(23,13-21)15-4-2-1-3-5-15/h1-5,7-8,12,23H,6,9-11,13H2,(H,20,22). The van der Waals surface area contributed by atoms with Crippen molar-refractivity contribution in [3.63, 3.8) is 0 Å². The van der Waals surface area contributed by atoms with Gasteiger partial charge in [0.05, 0.1) is 4.90 Å². The van der Waals surface area contributed by atoms with Gasteiger partial charge in [-0.25, -0.2) is 8.42 Å². The number of carbonyl (C=O) groups is 1. The van der Waals surface area contributed by atoms with Crippen molar-refractivity contribution in [2.45, 2.75) is 29.8 Å². The fourth-order valence-electron chi connectivity index (χ4n) is 3.62. The number of hydrogen-bond acceptors (Lipinski definition) is 4. The molecule has 1 saturated heterocycles. The zero-order valence-electron chi connectivity index (χ0n) is 14.2. The first-order valence-corrected chi connectivity index (χ1v) is 10.0. The highest BCUT2D eigenvalue weighted by atomic mass is 32.2. The van der Waals surface area contributed by atoms with Gasteiger partial charge in [0.15, 0.2) is 0 Å². The van der Waals surface area contributed by atoms with Crippen molar-refractivity contribution in [1.82, 2.24) is 4.31 Å². The fraction of sp³-hybridized carbons (Fsp3) is 0.316. The van der Waals surface area contributed by atoms with Gasteiger partial charge in [0.25, 0.3) is 0 Å². The van der Waals surface area contributed by atoms with Gasteiger partial charge in [0.1, 0.15) is 5.60 Å². The topological polar surface area (TPSA) is 86.7 Å². The highest BCUT2D eigenvalue weighted by molar-refractivity contribution is 7.89. The van der Waals surface area contributed by atoms with Crippen LogP contribution in [-0.4, -0.2) is 36.8 Å². The van der Waals surface area contributed by atoms with Gasteiger partial charge < -0.3 is 10.4 Å². The van der Waals surface area contributed by atoms with E-state index in [1.165, 1.54) is 10.4 Å². The van der Waals surface area contributed by atoms with Gasteiger partial charge in [0, 0.05) is 25.2 Å². The molecule has 1 fully saturated rings. The number of aryl methyl sites for hydroxylation is 1. The molecule has 0 saturated carbocycles. The summed E-state index contributed by atoms with van der Waals surface area (Å²) in [5.74, 6) is -0.0550. The average Bonchev–Trinajstić information content (AvgIpc) is 3.06. The molecule has 26 heavy (non-hydrogen) atoms. The van der Waals surface area contributed by atoms with Crippen LogP contribution < -0.4 is 5.32 Å². The van der Waals surface area contributed by atoms with Gasteiger partial charge in [0.2, 0.25) is 15.9 Å². The van der Waals surface area contributed by atoms with E-state index in [-0.39, 0.29) is 23.9 Å². The number of benzene rings is 2. The molecule has 2 aliphatic heterocycles. The normalized spacial score (nSPS) is 23.5. The molecule has 1 unspecified atom stereocenters. The molecule has 0 radical (unpaired) electrons. The first kappa shape index (κ1) is 17.2. The lowest BCUT2D eigenvalue weighted by molar-refractivity contribution is -0.116. The first-order chi connectivity index (χ1) is 12.4. The van der Waals surface area contributed by atoms with Crippen LogP contribution >= 0.6 is 0 Å². The Morgan fingerprint density at radius 2 is 1.85 bits per heavy atom. The second-order valence-electron chi connectivity index (χ2n) is 6.85. The molecule has 1 atom stereocenters. The third kappa shape index (κ3) is 2.92. The van der Waals surface area contributed by atoms with E-state index in [1.807, 2.05) is 30.3 Å². The number of carbonyl (C=O) groups excluding carboxylic acids is 1. The van der Waals surface area contributed by atoms with Crippen molar-refractivity contribution < 1.29 is 18.3 Å². The van der Waals surface area contributed by atoms with Crippen LogP contribution in [0.2, 0.25) is 0 Å². The third-order valence-electron chi connectivity index (χ3n) is 5.13. The second-order valence-corrected chi connectivity index (χ2v) is 8.79. The summed E-state index contributed by atoms with van der Waals surface area (Å²) in [6.07, 6.45) is 1.24. The number of nitrogens with one attached hydrogen (secondary N) is 1. The number of amides is 1. The van der Waals surface area contributed by atoms with E-state index >= 15 is 0 Å². The molecule has 0 aromatic heterocycles. The Balaban J connectivity index is 1.61. The van der Waals surface area contributed by atoms with Gasteiger partial charge in [-0.1, -0.05) is 30.3 Å². The minimum absolute atomic E-state index is 0.0349. The van der Waals surface area contributed by atoms with E-state index in [4.69, 9.17) is 0 Å². The minimum atomic E-state index is -3.70. The van der Waals surface area contributed by atoms with Crippen molar-refractivity contribution >= 4 is 21.6 Å². The number of aliphatic hydroxyl groups is 1. The zero-order chi connectivity index (χ0) is 18.4. The van der Waals surface area contributed by atoms with Gasteiger partial charge >= 0.3 is 0 Å². The number of sulfonamides is 1. The molecule has 7 heteroatoms. The number of fused-ring (bicyclic) bond motifs is 1. The Hall–Kier alpha value is -2.22. The second kappa shape index (κ2) is 6.19. The van der Waals surface area contributed by atoms with E-state index in [1.54, 1.807) is 12.1 Å². The molecule has 2 N–H and O–H groups in total. The highest BCUT2D eigenvalue weighted by Gasteiger charge is 2.42. The largest absolute Gasteiger partial charge is 0.384 e. The molecule has 2 aromatic carbocycles. The van der Waals surface area contributed by atoms with Crippen LogP contribution in [0.5, 0.6) is 0 Å². The molecule has 0 aliphatic carbocycles. The molecule has 0 spiro atoms. The number of hydrogen-bond donors (Lipinski definition) is 2. The lowest BCUT2D eigenvalue weighted by Gasteiger charge is -2.24. The molecular weight excluding hydrogens is 352 g/mol. The summed E-state index contributed by atoms with van der Waals surface area (Å²) in [6, 6.07) is 13.9. The van der Waals surface area contributed by atoms with Crippen LogP contribution in [0.1, 0.15) is 24.0 Å². The molecule has 4 rings (SSSR count). The monoisotopic (exact) mass is 372 g/mol. The van der Waals surface area contributed by atoms with Crippen LogP contribution in [0.4, 0.5) is 5.69 Å². The number of rotatable bonds is 3. The minimum Gasteiger partial charge on any atom is -0.384 e. The lowest BCUT2D eigenvalue weighted by Crippen LogP contribution is -2.34. The molecular formula is C19H20N2O4S. The molecule has 1 amide bonds. The number of β-amino-alcohol motifs (C(OH)–C–C–N with tert-alkyl or cyclic N) is 1. The summed E-state index contributed by atoms with van der Waals surface area (Å²) in [4.78, 5) is 11.7. The van der Waals surface area contributed by atoms with Crippen LogP contribution in [0.15, 0.2) is 53.4 Å². The Morgan fingerprint density at radius 3 is 2.62 bits per heavy atom. The number of anilines is 1. The van der Waals surface area contributed by atoms with Crippen molar-refractivity contribution in [2.24, 2.45) is 0 Å².